The second-order valence-electron chi connectivity index (χ2n) is 5.44. The molecule has 7 nitrogen and oxygen atoms in total. The summed E-state index contributed by atoms with van der Waals surface area (Å²) in [4.78, 5) is 36.2. The number of ether oxygens (including phenoxy) is 1. The summed E-state index contributed by atoms with van der Waals surface area (Å²) in [7, 11) is 1.28. The van der Waals surface area contributed by atoms with Crippen LogP contribution in [0.5, 0.6) is 0 Å². The van der Waals surface area contributed by atoms with Gasteiger partial charge in [-0.3, -0.25) is 9.36 Å². The van der Waals surface area contributed by atoms with Gasteiger partial charge in [-0.05, 0) is 37.3 Å². The molecule has 128 valence electrons. The minimum Gasteiger partial charge on any atom is -0.465 e. The highest BCUT2D eigenvalue weighted by atomic mass is 16.5. The molecule has 2 aromatic carbocycles. The fraction of sp³-hybridized carbons (Fsp3) is 0.167. The number of fused-ring (bicyclic) bond motifs is 1. The van der Waals surface area contributed by atoms with Crippen LogP contribution in [-0.4, -0.2) is 23.6 Å². The van der Waals surface area contributed by atoms with Crippen LogP contribution in [0.1, 0.15) is 23.3 Å². The van der Waals surface area contributed by atoms with Crippen LogP contribution in [0, 0.1) is 0 Å². The smallest absolute Gasteiger partial charge is 0.420 e. The highest BCUT2D eigenvalue weighted by Gasteiger charge is 2.21. The number of amides is 1. The maximum absolute atomic E-state index is 12.5. The van der Waals surface area contributed by atoms with E-state index >= 15 is 0 Å². The van der Waals surface area contributed by atoms with Crippen LogP contribution in [0.3, 0.4) is 0 Å². The molecule has 7 heteroatoms. The molecule has 0 aliphatic carbocycles. The van der Waals surface area contributed by atoms with E-state index in [9.17, 15) is 14.4 Å². The maximum atomic E-state index is 12.5. The third kappa shape index (κ3) is 3.16. The van der Waals surface area contributed by atoms with Crippen LogP contribution in [0.4, 0.5) is 5.69 Å². The molecule has 0 saturated heterocycles. The molecule has 1 N–H and O–H groups in total. The zero-order valence-corrected chi connectivity index (χ0v) is 13.7. The van der Waals surface area contributed by atoms with Crippen molar-refractivity contribution < 1.29 is 18.7 Å². The lowest BCUT2D eigenvalue weighted by atomic mass is 10.2. The molecule has 0 aliphatic rings. The number of rotatable bonds is 4. The van der Waals surface area contributed by atoms with E-state index in [1.807, 2.05) is 0 Å². The van der Waals surface area contributed by atoms with E-state index in [0.717, 1.165) is 0 Å². The molecule has 0 spiro atoms. The van der Waals surface area contributed by atoms with E-state index in [1.165, 1.54) is 17.7 Å². The topological polar surface area (TPSA) is 90.5 Å². The van der Waals surface area contributed by atoms with Gasteiger partial charge >= 0.3 is 11.7 Å². The number of carbonyl (C=O) groups is 2. The van der Waals surface area contributed by atoms with Crippen molar-refractivity contribution in [3.05, 3.63) is 64.6 Å². The lowest BCUT2D eigenvalue weighted by Gasteiger charge is -2.13. The van der Waals surface area contributed by atoms with E-state index in [0.29, 0.717) is 22.4 Å². The molecule has 1 amide bonds. The molecule has 0 saturated carbocycles. The van der Waals surface area contributed by atoms with Crippen molar-refractivity contribution in [2.45, 2.75) is 13.0 Å². The number of anilines is 1. The summed E-state index contributed by atoms with van der Waals surface area (Å²) in [5, 5.41) is 2.69. The second-order valence-corrected chi connectivity index (χ2v) is 5.44. The van der Waals surface area contributed by atoms with Gasteiger partial charge in [0.25, 0.3) is 0 Å². The van der Waals surface area contributed by atoms with E-state index < -0.39 is 23.7 Å². The van der Waals surface area contributed by atoms with Gasteiger partial charge in [0.05, 0.1) is 18.2 Å². The van der Waals surface area contributed by atoms with Crippen molar-refractivity contribution in [3.63, 3.8) is 0 Å². The number of aromatic nitrogens is 1. The van der Waals surface area contributed by atoms with E-state index in [-0.39, 0.29) is 0 Å². The van der Waals surface area contributed by atoms with Gasteiger partial charge < -0.3 is 14.5 Å². The summed E-state index contributed by atoms with van der Waals surface area (Å²) < 4.78 is 11.1. The molecule has 0 radical (unpaired) electrons. The molecule has 0 fully saturated rings. The first-order chi connectivity index (χ1) is 12.0. The van der Waals surface area contributed by atoms with Crippen molar-refractivity contribution >= 4 is 28.7 Å². The Morgan fingerprint density at radius 3 is 2.68 bits per heavy atom. The molecule has 1 atom stereocenters. The molecule has 1 heterocycles. The van der Waals surface area contributed by atoms with Crippen LogP contribution < -0.4 is 11.1 Å². The average molecular weight is 340 g/mol. The number of esters is 1. The van der Waals surface area contributed by atoms with Crippen LogP contribution in [0.2, 0.25) is 0 Å². The Morgan fingerprint density at radius 2 is 1.92 bits per heavy atom. The van der Waals surface area contributed by atoms with Crippen LogP contribution in [0.25, 0.3) is 11.1 Å². The van der Waals surface area contributed by atoms with Crippen molar-refractivity contribution in [1.82, 2.24) is 4.57 Å². The quantitative estimate of drug-likeness (QED) is 0.737. The van der Waals surface area contributed by atoms with Crippen molar-refractivity contribution in [2.24, 2.45) is 0 Å². The third-order valence-corrected chi connectivity index (χ3v) is 3.84. The number of nitrogens with zero attached hydrogens (tertiary/aromatic N) is 1. The first kappa shape index (κ1) is 16.5. The Morgan fingerprint density at radius 1 is 1.16 bits per heavy atom. The summed E-state index contributed by atoms with van der Waals surface area (Å²) in [6, 6.07) is 12.5. The molecule has 25 heavy (non-hydrogen) atoms. The maximum Gasteiger partial charge on any atom is 0.420 e. The molecule has 0 unspecified atom stereocenters. The summed E-state index contributed by atoms with van der Waals surface area (Å²) >= 11 is 0. The Bertz CT molecular complexity index is 1000. The molecular weight excluding hydrogens is 324 g/mol. The largest absolute Gasteiger partial charge is 0.465 e. The van der Waals surface area contributed by atoms with Gasteiger partial charge in [0.15, 0.2) is 5.58 Å². The first-order valence-electron chi connectivity index (χ1n) is 7.60. The van der Waals surface area contributed by atoms with Gasteiger partial charge in [-0.15, -0.1) is 0 Å². The fourth-order valence-corrected chi connectivity index (χ4v) is 2.56. The van der Waals surface area contributed by atoms with Crippen LogP contribution >= 0.6 is 0 Å². The van der Waals surface area contributed by atoms with E-state index in [4.69, 9.17) is 4.42 Å². The van der Waals surface area contributed by atoms with Gasteiger partial charge in [-0.25, -0.2) is 9.59 Å². The van der Waals surface area contributed by atoms with Crippen molar-refractivity contribution in [1.29, 1.82) is 0 Å². The lowest BCUT2D eigenvalue weighted by Crippen LogP contribution is -2.29. The number of para-hydroxylation sites is 2. The standard InChI is InChI=1S/C18H16N2O5/c1-11(20-14-8-3-4-9-15(14)25-18(20)23)16(21)19-13-7-5-6-12(10-13)17(22)24-2/h3-11H,1-2H3,(H,19,21)/t11-/m0/s1. The summed E-state index contributed by atoms with van der Waals surface area (Å²) in [6.07, 6.45) is 0. The fourth-order valence-electron chi connectivity index (χ4n) is 2.56. The number of oxazole rings is 1. The Hall–Kier alpha value is -3.35. The predicted octanol–water partition coefficient (Wildman–Crippen LogP) is 2.58. The molecule has 0 bridgehead atoms. The molecule has 1 aromatic heterocycles. The van der Waals surface area contributed by atoms with Crippen LogP contribution in [0.15, 0.2) is 57.7 Å². The summed E-state index contributed by atoms with van der Waals surface area (Å²) in [6.45, 7) is 1.60. The Labute approximate surface area is 142 Å². The highest BCUT2D eigenvalue weighted by Crippen LogP contribution is 2.19. The summed E-state index contributed by atoms with van der Waals surface area (Å²) in [5.41, 5.74) is 1.71. The molecule has 0 aliphatic heterocycles. The van der Waals surface area contributed by atoms with Gasteiger partial charge in [-0.1, -0.05) is 18.2 Å². The lowest BCUT2D eigenvalue weighted by molar-refractivity contribution is -0.118. The Balaban J connectivity index is 1.87. The number of hydrogen-bond donors (Lipinski definition) is 1. The van der Waals surface area contributed by atoms with Crippen molar-refractivity contribution in [3.8, 4) is 0 Å². The average Bonchev–Trinajstić information content (AvgIpc) is 2.96. The zero-order chi connectivity index (χ0) is 18.0. The number of methoxy groups -OCH3 is 1. The SMILES string of the molecule is COC(=O)c1cccc(NC(=O)[C@H](C)n2c(=O)oc3ccccc32)c1. The van der Waals surface area contributed by atoms with E-state index in [2.05, 4.69) is 10.1 Å². The second kappa shape index (κ2) is 6.64. The molecule has 3 aromatic rings. The monoisotopic (exact) mass is 340 g/mol. The third-order valence-electron chi connectivity index (χ3n) is 3.84. The van der Waals surface area contributed by atoms with Crippen molar-refractivity contribution in [2.75, 3.05) is 12.4 Å². The number of carbonyl (C=O) groups excluding carboxylic acids is 2. The number of nitrogens with one attached hydrogen (secondary N) is 1. The van der Waals surface area contributed by atoms with Gasteiger partial charge in [0.2, 0.25) is 5.91 Å². The first-order valence-corrected chi connectivity index (χ1v) is 7.60. The van der Waals surface area contributed by atoms with Gasteiger partial charge in [0, 0.05) is 5.69 Å². The van der Waals surface area contributed by atoms with Gasteiger partial charge in [-0.2, -0.15) is 0 Å². The summed E-state index contributed by atoms with van der Waals surface area (Å²) in [5.74, 6) is -1.51. The minimum absolute atomic E-state index is 0.318. The molecule has 3 rings (SSSR count). The van der Waals surface area contributed by atoms with Gasteiger partial charge in [0.1, 0.15) is 6.04 Å². The Kier molecular flexibility index (Phi) is 4.38. The molecular formula is C18H16N2O5. The normalized spacial score (nSPS) is 11.9. The van der Waals surface area contributed by atoms with E-state index in [1.54, 1.807) is 49.4 Å². The van der Waals surface area contributed by atoms with Crippen LogP contribution in [-0.2, 0) is 9.53 Å². The zero-order valence-electron chi connectivity index (χ0n) is 13.7. The highest BCUT2D eigenvalue weighted by molar-refractivity contribution is 5.96. The predicted molar refractivity (Wildman–Crippen MR) is 91.6 cm³/mol. The minimum atomic E-state index is -0.794. The number of benzene rings is 2. The number of hydrogen-bond acceptors (Lipinski definition) is 5.